The maximum Gasteiger partial charge on any atom is 0.316 e. The fraction of sp³-hybridized carbons (Fsp3) is 0.333. The number of carbonyl (C=O) groups excluding carboxylic acids is 1. The molecule has 11 heteroatoms. The Morgan fingerprint density at radius 3 is 3.05 bits per heavy atom. The molecule has 0 saturated carbocycles. The highest BCUT2D eigenvalue weighted by molar-refractivity contribution is 5.89. The van der Waals surface area contributed by atoms with E-state index in [2.05, 4.69) is 20.6 Å². The van der Waals surface area contributed by atoms with Crippen LogP contribution >= 0.6 is 0 Å². The Kier molecular flexibility index (Phi) is 4.00. The Morgan fingerprint density at radius 2 is 2.40 bits per heavy atom. The molecule has 0 fully saturated rings. The van der Waals surface area contributed by atoms with Gasteiger partial charge in [-0.25, -0.2) is 0 Å². The molecule has 106 valence electrons. The summed E-state index contributed by atoms with van der Waals surface area (Å²) in [5.74, 6) is -0.545. The number of aromatic nitrogens is 4. The van der Waals surface area contributed by atoms with Crippen LogP contribution < -0.4 is 11.1 Å². The van der Waals surface area contributed by atoms with Crippen molar-refractivity contribution in [1.82, 2.24) is 25.2 Å². The second-order valence-corrected chi connectivity index (χ2v) is 3.71. The Bertz CT molecular complexity index is 619. The fourth-order valence-electron chi connectivity index (χ4n) is 1.35. The van der Waals surface area contributed by atoms with Crippen LogP contribution in [0.2, 0.25) is 0 Å². The topological polar surface area (TPSA) is 155 Å². The van der Waals surface area contributed by atoms with E-state index in [-0.39, 0.29) is 23.9 Å². The molecule has 2 aromatic rings. The van der Waals surface area contributed by atoms with E-state index in [1.165, 1.54) is 10.9 Å². The molecule has 0 aliphatic carbocycles. The Balaban J connectivity index is 2.01. The van der Waals surface area contributed by atoms with Gasteiger partial charge in [0.2, 0.25) is 0 Å². The normalized spacial score (nSPS) is 10.4. The van der Waals surface area contributed by atoms with E-state index >= 15 is 0 Å². The lowest BCUT2D eigenvalue weighted by molar-refractivity contribution is -0.385. The molecule has 20 heavy (non-hydrogen) atoms. The van der Waals surface area contributed by atoms with Gasteiger partial charge in [-0.2, -0.15) is 10.1 Å². The highest BCUT2D eigenvalue weighted by atomic mass is 16.6. The van der Waals surface area contributed by atoms with Gasteiger partial charge in [0.25, 0.3) is 0 Å². The molecular weight excluding hydrogens is 270 g/mol. The summed E-state index contributed by atoms with van der Waals surface area (Å²) < 4.78 is 6.03. The molecule has 0 bridgehead atoms. The van der Waals surface area contributed by atoms with E-state index in [1.807, 2.05) is 0 Å². The van der Waals surface area contributed by atoms with Crippen molar-refractivity contribution >= 4 is 11.6 Å². The van der Waals surface area contributed by atoms with Crippen molar-refractivity contribution in [1.29, 1.82) is 0 Å². The van der Waals surface area contributed by atoms with E-state index in [4.69, 9.17) is 10.3 Å². The first kappa shape index (κ1) is 13.6. The average molecular weight is 281 g/mol. The van der Waals surface area contributed by atoms with Crippen LogP contribution in [0.3, 0.4) is 0 Å². The lowest BCUT2D eigenvalue weighted by Crippen LogP contribution is -2.29. The van der Waals surface area contributed by atoms with Crippen molar-refractivity contribution in [2.24, 2.45) is 5.73 Å². The second kappa shape index (κ2) is 5.88. The first-order valence-corrected chi connectivity index (χ1v) is 5.58. The third-order valence-electron chi connectivity index (χ3n) is 2.23. The van der Waals surface area contributed by atoms with Crippen LogP contribution in [0, 0.1) is 10.1 Å². The zero-order valence-electron chi connectivity index (χ0n) is 10.2. The van der Waals surface area contributed by atoms with Crippen molar-refractivity contribution < 1.29 is 14.2 Å². The molecule has 0 radical (unpaired) electrons. The Hall–Kier alpha value is -2.82. The monoisotopic (exact) mass is 281 g/mol. The number of rotatable bonds is 6. The van der Waals surface area contributed by atoms with Gasteiger partial charge in [0, 0.05) is 13.1 Å². The van der Waals surface area contributed by atoms with Gasteiger partial charge in [0.1, 0.15) is 18.9 Å². The largest absolute Gasteiger partial charge is 0.347 e. The molecule has 0 aromatic carbocycles. The first-order chi connectivity index (χ1) is 9.60. The van der Waals surface area contributed by atoms with Gasteiger partial charge in [0.05, 0.1) is 4.92 Å². The van der Waals surface area contributed by atoms with Crippen molar-refractivity contribution in [3.05, 3.63) is 34.2 Å². The number of nitrogens with zero attached hydrogens (tertiary/aromatic N) is 5. The maximum absolute atomic E-state index is 11.5. The van der Waals surface area contributed by atoms with Crippen LogP contribution in [-0.2, 0) is 6.54 Å². The third kappa shape index (κ3) is 3.14. The van der Waals surface area contributed by atoms with Crippen molar-refractivity contribution in [2.75, 3.05) is 13.1 Å². The van der Waals surface area contributed by atoms with E-state index in [0.29, 0.717) is 13.1 Å². The molecule has 2 heterocycles. The molecule has 0 unspecified atom stereocenters. The van der Waals surface area contributed by atoms with Gasteiger partial charge in [-0.3, -0.25) is 19.6 Å². The van der Waals surface area contributed by atoms with Crippen molar-refractivity contribution in [2.45, 2.75) is 6.54 Å². The molecule has 11 nitrogen and oxygen atoms in total. The molecule has 2 rings (SSSR count). The van der Waals surface area contributed by atoms with Crippen molar-refractivity contribution in [3.8, 4) is 0 Å². The highest BCUT2D eigenvalue weighted by Crippen LogP contribution is 2.09. The van der Waals surface area contributed by atoms with Gasteiger partial charge in [-0.15, -0.1) is 0 Å². The molecule has 0 spiro atoms. The summed E-state index contributed by atoms with van der Waals surface area (Å²) in [6, 6.07) is 0. The molecule has 0 aliphatic heterocycles. The molecular formula is C9H11N7O4. The standard InChI is InChI=1S/C9H11N7O4/c10-1-2-11-8(17)9-13-7(14-20-9)5-15-4-6(3-12-15)16(18)19/h3-4H,1-2,5,10H2,(H,11,17). The van der Waals surface area contributed by atoms with E-state index < -0.39 is 10.8 Å². The summed E-state index contributed by atoms with van der Waals surface area (Å²) >= 11 is 0. The van der Waals surface area contributed by atoms with Crippen LogP contribution in [-0.4, -0.2) is 43.8 Å². The summed E-state index contributed by atoms with van der Waals surface area (Å²) in [4.78, 5) is 25.3. The van der Waals surface area contributed by atoms with Crippen LogP contribution in [0.4, 0.5) is 5.69 Å². The molecule has 3 N–H and O–H groups in total. The second-order valence-electron chi connectivity index (χ2n) is 3.71. The summed E-state index contributed by atoms with van der Waals surface area (Å²) in [6.07, 6.45) is 2.33. The number of amides is 1. The quantitative estimate of drug-likeness (QED) is 0.499. The number of nitrogens with one attached hydrogen (secondary N) is 1. The Morgan fingerprint density at radius 1 is 1.60 bits per heavy atom. The highest BCUT2D eigenvalue weighted by Gasteiger charge is 2.16. The lowest BCUT2D eigenvalue weighted by atomic mass is 10.5. The zero-order valence-corrected chi connectivity index (χ0v) is 10.2. The minimum absolute atomic E-state index is 0.0571. The van der Waals surface area contributed by atoms with E-state index in [1.54, 1.807) is 0 Å². The van der Waals surface area contributed by atoms with Crippen molar-refractivity contribution in [3.63, 3.8) is 0 Å². The van der Waals surface area contributed by atoms with E-state index in [0.717, 1.165) is 6.20 Å². The predicted molar refractivity (Wildman–Crippen MR) is 63.7 cm³/mol. The van der Waals surface area contributed by atoms with Crippen LogP contribution in [0.25, 0.3) is 0 Å². The summed E-state index contributed by atoms with van der Waals surface area (Å²) in [7, 11) is 0. The smallest absolute Gasteiger partial charge is 0.316 e. The molecule has 1 amide bonds. The minimum Gasteiger partial charge on any atom is -0.347 e. The van der Waals surface area contributed by atoms with E-state index in [9.17, 15) is 14.9 Å². The first-order valence-electron chi connectivity index (χ1n) is 5.58. The fourth-order valence-corrected chi connectivity index (χ4v) is 1.35. The minimum atomic E-state index is -0.564. The number of nitro groups is 1. The molecule has 0 saturated heterocycles. The third-order valence-corrected chi connectivity index (χ3v) is 2.23. The summed E-state index contributed by atoms with van der Waals surface area (Å²) in [6.45, 7) is 0.646. The summed E-state index contributed by atoms with van der Waals surface area (Å²) in [5, 5.41) is 20.3. The van der Waals surface area contributed by atoms with Crippen LogP contribution in [0.1, 0.15) is 16.5 Å². The van der Waals surface area contributed by atoms with Gasteiger partial charge in [0.15, 0.2) is 5.82 Å². The number of hydrogen-bond donors (Lipinski definition) is 2. The number of nitrogens with two attached hydrogens (primary N) is 1. The van der Waals surface area contributed by atoms with Crippen LogP contribution in [0.15, 0.2) is 16.9 Å². The maximum atomic E-state index is 11.5. The molecule has 0 atom stereocenters. The summed E-state index contributed by atoms with van der Waals surface area (Å²) in [5.41, 5.74) is 5.10. The SMILES string of the molecule is NCCNC(=O)c1nc(Cn2cc([N+](=O)[O-])cn2)no1. The molecule has 0 aliphatic rings. The Labute approximate surface area is 111 Å². The van der Waals surface area contributed by atoms with Gasteiger partial charge in [-0.1, -0.05) is 5.16 Å². The van der Waals surface area contributed by atoms with Gasteiger partial charge in [-0.05, 0) is 0 Å². The molecule has 2 aromatic heterocycles. The lowest BCUT2D eigenvalue weighted by Gasteiger charge is -1.96. The average Bonchev–Trinajstić information content (AvgIpc) is 3.05. The zero-order chi connectivity index (χ0) is 14.5. The predicted octanol–water partition coefficient (Wildman–Crippen LogP) is -1.09. The number of hydrogen-bond acceptors (Lipinski definition) is 8. The number of carbonyl (C=O) groups is 1. The van der Waals surface area contributed by atoms with Crippen LogP contribution in [0.5, 0.6) is 0 Å². The van der Waals surface area contributed by atoms with Gasteiger partial charge >= 0.3 is 17.5 Å². The van der Waals surface area contributed by atoms with Gasteiger partial charge < -0.3 is 15.6 Å².